The molecule has 1 unspecified atom stereocenters. The number of benzene rings is 6. The molecule has 4 heterocycles. The van der Waals surface area contributed by atoms with Gasteiger partial charge in [-0.05, 0) is 69.4 Å². The number of pyridine rings is 1. The van der Waals surface area contributed by atoms with E-state index in [0.29, 0.717) is 5.82 Å². The summed E-state index contributed by atoms with van der Waals surface area (Å²) in [4.78, 5) is 15.0. The Kier molecular flexibility index (Phi) is 5.44. The zero-order valence-corrected chi connectivity index (χ0v) is 26.9. The third kappa shape index (κ3) is 3.60. The fraction of sp³-hybridized carbons (Fsp3) is 0.0227. The van der Waals surface area contributed by atoms with E-state index in [-0.39, 0.29) is 0 Å². The molecule has 0 saturated heterocycles. The molecule has 11 rings (SSSR count). The van der Waals surface area contributed by atoms with E-state index in [1.165, 1.54) is 32.3 Å². The molecule has 5 heteroatoms. The van der Waals surface area contributed by atoms with Crippen LogP contribution in [-0.4, -0.2) is 15.0 Å². The van der Waals surface area contributed by atoms with Gasteiger partial charge >= 0.3 is 0 Å². The molecule has 3 aromatic heterocycles. The molecule has 0 N–H and O–H groups in total. The predicted octanol–water partition coefficient (Wildman–Crippen LogP) is 11.2. The topological polar surface area (TPSA) is 47.9 Å². The number of aromatic nitrogens is 3. The molecule has 0 radical (unpaired) electrons. The Labute approximate surface area is 286 Å². The largest absolute Gasteiger partial charge is 0.457 e. The summed E-state index contributed by atoms with van der Waals surface area (Å²) < 4.78 is 9.03. The summed E-state index contributed by atoms with van der Waals surface area (Å²) in [6.07, 6.45) is 3.63. The van der Waals surface area contributed by atoms with Crippen molar-refractivity contribution in [2.45, 2.75) is 5.41 Å². The third-order valence-corrected chi connectivity index (χ3v) is 11.4. The number of hydrogen-bond donors (Lipinski definition) is 0. The molecular weight excluding hydrogens is 619 g/mol. The quantitative estimate of drug-likeness (QED) is 0.188. The summed E-state index contributed by atoms with van der Waals surface area (Å²) in [7, 11) is 0. The van der Waals surface area contributed by atoms with Crippen LogP contribution in [0.5, 0.6) is 11.5 Å². The lowest BCUT2D eigenvalue weighted by atomic mass is 9.65. The van der Waals surface area contributed by atoms with Crippen molar-refractivity contribution in [3.8, 4) is 45.3 Å². The second-order valence-corrected chi connectivity index (χ2v) is 13.8. The monoisotopic (exact) mass is 643 g/mol. The standard InChI is InChI=1S/C44H25N3OS/c1-2-12-27-24-37-35(23-26(27)11-1)44(33-18-6-7-20-36(33)48-37)32-17-5-3-14-29(32)39-31(16-9-19-34(39)44)41-42-40(30-15-4-8-21-38(30)49-42)46-43(47-41)28-13-10-22-45-25-28/h1-25H. The van der Waals surface area contributed by atoms with Crippen molar-refractivity contribution >= 4 is 42.4 Å². The number of ether oxygens (including phenoxy) is 1. The van der Waals surface area contributed by atoms with Crippen molar-refractivity contribution < 1.29 is 4.74 Å². The second-order valence-electron chi connectivity index (χ2n) is 12.7. The van der Waals surface area contributed by atoms with Gasteiger partial charge in [0.1, 0.15) is 11.5 Å². The summed E-state index contributed by atoms with van der Waals surface area (Å²) in [5.41, 5.74) is 10.5. The van der Waals surface area contributed by atoms with E-state index in [4.69, 9.17) is 14.7 Å². The molecule has 9 aromatic rings. The lowest BCUT2D eigenvalue weighted by molar-refractivity contribution is 0.437. The summed E-state index contributed by atoms with van der Waals surface area (Å²) in [5, 5.41) is 3.49. The highest BCUT2D eigenvalue weighted by Crippen LogP contribution is 2.64. The van der Waals surface area contributed by atoms with Crippen LogP contribution in [0.1, 0.15) is 22.3 Å². The van der Waals surface area contributed by atoms with Crippen LogP contribution < -0.4 is 4.74 Å². The van der Waals surface area contributed by atoms with Gasteiger partial charge in [0.05, 0.1) is 21.3 Å². The minimum absolute atomic E-state index is 0.589. The minimum atomic E-state index is -0.589. The molecule has 0 fully saturated rings. The lowest BCUT2D eigenvalue weighted by Crippen LogP contribution is -2.32. The highest BCUT2D eigenvalue weighted by Gasteiger charge is 2.51. The van der Waals surface area contributed by atoms with E-state index in [1.54, 1.807) is 17.5 Å². The molecular formula is C44H25N3OS. The van der Waals surface area contributed by atoms with Gasteiger partial charge in [0, 0.05) is 44.7 Å². The van der Waals surface area contributed by atoms with Crippen molar-refractivity contribution in [2.75, 3.05) is 0 Å². The smallest absolute Gasteiger partial charge is 0.162 e. The third-order valence-electron chi connectivity index (χ3n) is 10.2. The zero-order chi connectivity index (χ0) is 32.1. The zero-order valence-electron chi connectivity index (χ0n) is 26.1. The van der Waals surface area contributed by atoms with E-state index in [1.807, 2.05) is 18.3 Å². The molecule has 6 aromatic carbocycles. The van der Waals surface area contributed by atoms with Crippen molar-refractivity contribution in [3.63, 3.8) is 0 Å². The summed E-state index contributed by atoms with van der Waals surface area (Å²) >= 11 is 1.76. The van der Waals surface area contributed by atoms with Crippen LogP contribution in [0.3, 0.4) is 0 Å². The van der Waals surface area contributed by atoms with E-state index in [2.05, 4.69) is 132 Å². The molecule has 1 aliphatic heterocycles. The summed E-state index contributed by atoms with van der Waals surface area (Å²) in [6, 6.07) is 49.8. The Bertz CT molecular complexity index is 2820. The first-order valence-electron chi connectivity index (χ1n) is 16.4. The maximum atomic E-state index is 6.75. The van der Waals surface area contributed by atoms with Crippen LogP contribution in [0.25, 0.3) is 64.8 Å². The summed E-state index contributed by atoms with van der Waals surface area (Å²) in [6.45, 7) is 0. The fourth-order valence-electron chi connectivity index (χ4n) is 8.23. The highest BCUT2D eigenvalue weighted by atomic mass is 32.1. The molecule has 1 atom stereocenters. The molecule has 0 saturated carbocycles. The molecule has 49 heavy (non-hydrogen) atoms. The molecule has 0 amide bonds. The van der Waals surface area contributed by atoms with Gasteiger partial charge in [-0.1, -0.05) is 103 Å². The van der Waals surface area contributed by atoms with Crippen LogP contribution in [0.15, 0.2) is 152 Å². The second kappa shape index (κ2) is 9.92. The molecule has 2 aliphatic rings. The Morgan fingerprint density at radius 3 is 2.22 bits per heavy atom. The van der Waals surface area contributed by atoms with Gasteiger partial charge in [-0.3, -0.25) is 4.98 Å². The van der Waals surface area contributed by atoms with Gasteiger partial charge in [-0.15, -0.1) is 11.3 Å². The number of thiophene rings is 1. The average Bonchev–Trinajstić information content (AvgIpc) is 3.69. The van der Waals surface area contributed by atoms with Crippen LogP contribution in [0, 0.1) is 0 Å². The van der Waals surface area contributed by atoms with Gasteiger partial charge in [-0.25, -0.2) is 9.97 Å². The number of rotatable bonds is 2. The van der Waals surface area contributed by atoms with Gasteiger partial charge in [0.2, 0.25) is 0 Å². The Hall–Kier alpha value is -6.17. The highest BCUT2D eigenvalue weighted by molar-refractivity contribution is 7.26. The van der Waals surface area contributed by atoms with Crippen molar-refractivity contribution in [3.05, 3.63) is 174 Å². The molecule has 228 valence electrons. The van der Waals surface area contributed by atoms with Gasteiger partial charge in [0.15, 0.2) is 5.82 Å². The molecule has 1 spiro atoms. The number of para-hydroxylation sites is 1. The molecule has 1 aliphatic carbocycles. The lowest BCUT2D eigenvalue weighted by Gasteiger charge is -2.39. The van der Waals surface area contributed by atoms with Crippen LogP contribution in [-0.2, 0) is 5.41 Å². The van der Waals surface area contributed by atoms with E-state index in [0.717, 1.165) is 60.4 Å². The first-order chi connectivity index (χ1) is 24.3. The number of hydrogen-bond acceptors (Lipinski definition) is 5. The van der Waals surface area contributed by atoms with Gasteiger partial charge < -0.3 is 4.74 Å². The summed E-state index contributed by atoms with van der Waals surface area (Å²) in [5.74, 6) is 2.44. The fourth-order valence-corrected chi connectivity index (χ4v) is 9.38. The van der Waals surface area contributed by atoms with Crippen molar-refractivity contribution in [2.24, 2.45) is 0 Å². The minimum Gasteiger partial charge on any atom is -0.457 e. The SMILES string of the molecule is c1cncc(-c2nc(-c3cccc4c3-c3ccccc3C43c4ccccc4Oc4cc5ccccc5cc43)c3sc4ccccc4c3n2)c1. The Balaban J connectivity index is 1.29. The molecule has 0 bridgehead atoms. The van der Waals surface area contributed by atoms with E-state index in [9.17, 15) is 0 Å². The predicted molar refractivity (Wildman–Crippen MR) is 198 cm³/mol. The Morgan fingerprint density at radius 2 is 1.33 bits per heavy atom. The number of fused-ring (bicyclic) bond motifs is 13. The van der Waals surface area contributed by atoms with Gasteiger partial charge in [-0.2, -0.15) is 0 Å². The first-order valence-corrected chi connectivity index (χ1v) is 17.2. The average molecular weight is 644 g/mol. The van der Waals surface area contributed by atoms with Crippen LogP contribution in [0.2, 0.25) is 0 Å². The number of nitrogens with zero attached hydrogens (tertiary/aromatic N) is 3. The molecule has 4 nitrogen and oxygen atoms in total. The maximum absolute atomic E-state index is 6.75. The first kappa shape index (κ1) is 26.9. The maximum Gasteiger partial charge on any atom is 0.162 e. The van der Waals surface area contributed by atoms with E-state index >= 15 is 0 Å². The van der Waals surface area contributed by atoms with E-state index < -0.39 is 5.41 Å². The van der Waals surface area contributed by atoms with Crippen LogP contribution in [0.4, 0.5) is 0 Å². The Morgan fingerprint density at radius 1 is 0.571 bits per heavy atom. The van der Waals surface area contributed by atoms with Crippen LogP contribution >= 0.6 is 11.3 Å². The normalized spacial score (nSPS) is 15.6. The van der Waals surface area contributed by atoms with Gasteiger partial charge in [0.25, 0.3) is 0 Å². The van der Waals surface area contributed by atoms with Crippen molar-refractivity contribution in [1.82, 2.24) is 15.0 Å². The van der Waals surface area contributed by atoms with Crippen molar-refractivity contribution in [1.29, 1.82) is 0 Å².